The highest BCUT2D eigenvalue weighted by molar-refractivity contribution is 7.89. The van der Waals surface area contributed by atoms with Gasteiger partial charge in [-0.15, -0.1) is 0 Å². The summed E-state index contributed by atoms with van der Waals surface area (Å²) in [4.78, 5) is 0.235. The van der Waals surface area contributed by atoms with Crippen LogP contribution in [-0.2, 0) is 10.0 Å². The lowest BCUT2D eigenvalue weighted by Gasteiger charge is -2.13. The molecule has 1 N–H and O–H groups in total. The van der Waals surface area contributed by atoms with Crippen LogP contribution in [0, 0.1) is 13.8 Å². The van der Waals surface area contributed by atoms with Crippen LogP contribution in [0.25, 0.3) is 0 Å². The molecule has 0 unspecified atom stereocenters. The average Bonchev–Trinajstić information content (AvgIpc) is 2.24. The molecule has 0 aliphatic carbocycles. The Morgan fingerprint density at radius 3 is 2.47 bits per heavy atom. The average molecular weight is 257 g/mol. The normalized spacial score (nSPS) is 11.5. The third-order valence-electron chi connectivity index (χ3n) is 2.42. The van der Waals surface area contributed by atoms with Gasteiger partial charge >= 0.3 is 0 Å². The summed E-state index contributed by atoms with van der Waals surface area (Å²) >= 11 is 0. The number of rotatable bonds is 5. The van der Waals surface area contributed by atoms with Gasteiger partial charge in [0.2, 0.25) is 10.0 Å². The largest absolute Gasteiger partial charge is 0.495 e. The molecule has 96 valence electrons. The Balaban J connectivity index is 3.30. The maximum absolute atomic E-state index is 12.1. The van der Waals surface area contributed by atoms with E-state index in [0.29, 0.717) is 17.9 Å². The van der Waals surface area contributed by atoms with Crippen LogP contribution in [0.5, 0.6) is 5.75 Å². The number of ether oxygens (including phenoxy) is 1. The first-order valence-corrected chi connectivity index (χ1v) is 7.05. The number of hydrogen-bond donors (Lipinski definition) is 1. The van der Waals surface area contributed by atoms with Crippen molar-refractivity contribution in [1.29, 1.82) is 0 Å². The highest BCUT2D eigenvalue weighted by atomic mass is 32.2. The Morgan fingerprint density at radius 1 is 1.29 bits per heavy atom. The lowest BCUT2D eigenvalue weighted by atomic mass is 10.1. The molecule has 0 saturated heterocycles. The first-order valence-electron chi connectivity index (χ1n) is 5.57. The van der Waals surface area contributed by atoms with Gasteiger partial charge in [-0.25, -0.2) is 13.1 Å². The van der Waals surface area contributed by atoms with Gasteiger partial charge < -0.3 is 4.74 Å². The number of hydrogen-bond acceptors (Lipinski definition) is 3. The van der Waals surface area contributed by atoms with Crippen LogP contribution in [0.1, 0.15) is 24.5 Å². The summed E-state index contributed by atoms with van der Waals surface area (Å²) in [6.07, 6.45) is 0.756. The highest BCUT2D eigenvalue weighted by Gasteiger charge is 2.21. The predicted octanol–water partition coefficient (Wildman–Crippen LogP) is 2.00. The Labute approximate surface area is 103 Å². The second kappa shape index (κ2) is 5.51. The fraction of sp³-hybridized carbons (Fsp3) is 0.500. The van der Waals surface area contributed by atoms with Gasteiger partial charge in [0.15, 0.2) is 0 Å². The van der Waals surface area contributed by atoms with Crippen LogP contribution in [0.4, 0.5) is 0 Å². The maximum atomic E-state index is 12.1. The standard InChI is InChI=1S/C12H19NO3S/c1-5-6-13-17(14,15)12-10(3)7-9(2)8-11(12)16-4/h7-8,13H,5-6H2,1-4H3. The summed E-state index contributed by atoms with van der Waals surface area (Å²) in [5, 5.41) is 0. The summed E-state index contributed by atoms with van der Waals surface area (Å²) in [5.74, 6) is 0.395. The minimum Gasteiger partial charge on any atom is -0.495 e. The Kier molecular flexibility index (Phi) is 4.54. The topological polar surface area (TPSA) is 55.4 Å². The first kappa shape index (κ1) is 14.0. The molecule has 0 amide bonds. The predicted molar refractivity (Wildman–Crippen MR) is 67.9 cm³/mol. The zero-order chi connectivity index (χ0) is 13.1. The third kappa shape index (κ3) is 3.20. The Morgan fingerprint density at radius 2 is 1.94 bits per heavy atom. The molecule has 0 saturated carbocycles. The van der Waals surface area contributed by atoms with Crippen LogP contribution in [-0.4, -0.2) is 22.1 Å². The van der Waals surface area contributed by atoms with Crippen LogP contribution in [0.15, 0.2) is 17.0 Å². The number of methoxy groups -OCH3 is 1. The van der Waals surface area contributed by atoms with Crippen molar-refractivity contribution < 1.29 is 13.2 Å². The molecular weight excluding hydrogens is 238 g/mol. The van der Waals surface area contributed by atoms with Crippen molar-refractivity contribution in [2.24, 2.45) is 0 Å². The van der Waals surface area contributed by atoms with E-state index in [1.807, 2.05) is 19.9 Å². The van der Waals surface area contributed by atoms with E-state index in [1.165, 1.54) is 7.11 Å². The molecule has 4 nitrogen and oxygen atoms in total. The van der Waals surface area contributed by atoms with Crippen molar-refractivity contribution in [2.75, 3.05) is 13.7 Å². The molecule has 0 aliphatic heterocycles. The van der Waals surface area contributed by atoms with Crippen LogP contribution in [0.3, 0.4) is 0 Å². The minimum absolute atomic E-state index is 0.235. The van der Waals surface area contributed by atoms with Crippen LogP contribution in [0.2, 0.25) is 0 Å². The monoisotopic (exact) mass is 257 g/mol. The molecular formula is C12H19NO3S. The van der Waals surface area contributed by atoms with Crippen LogP contribution < -0.4 is 9.46 Å². The number of nitrogens with one attached hydrogen (secondary N) is 1. The second-order valence-electron chi connectivity index (χ2n) is 4.01. The van der Waals surface area contributed by atoms with Gasteiger partial charge in [-0.05, 0) is 37.5 Å². The van der Waals surface area contributed by atoms with E-state index >= 15 is 0 Å². The van der Waals surface area contributed by atoms with Crippen molar-refractivity contribution in [3.8, 4) is 5.75 Å². The van der Waals surface area contributed by atoms with E-state index in [9.17, 15) is 8.42 Å². The van der Waals surface area contributed by atoms with E-state index in [-0.39, 0.29) is 4.90 Å². The van der Waals surface area contributed by atoms with Crippen LogP contribution >= 0.6 is 0 Å². The third-order valence-corrected chi connectivity index (χ3v) is 4.06. The quantitative estimate of drug-likeness (QED) is 0.877. The molecule has 0 fully saturated rings. The summed E-state index contributed by atoms with van der Waals surface area (Å²) < 4.78 is 31.9. The number of aryl methyl sites for hydroxylation is 2. The molecule has 1 rings (SSSR count). The Bertz CT molecular complexity index is 495. The fourth-order valence-corrected chi connectivity index (χ4v) is 3.23. The van der Waals surface area contributed by atoms with Gasteiger partial charge in [0.1, 0.15) is 10.6 Å². The zero-order valence-electron chi connectivity index (χ0n) is 10.7. The molecule has 17 heavy (non-hydrogen) atoms. The van der Waals surface area contributed by atoms with Crippen molar-refractivity contribution in [3.05, 3.63) is 23.3 Å². The summed E-state index contributed by atoms with van der Waals surface area (Å²) in [6, 6.07) is 3.57. The smallest absolute Gasteiger partial charge is 0.244 e. The van der Waals surface area contributed by atoms with Crippen molar-refractivity contribution in [1.82, 2.24) is 4.72 Å². The molecule has 0 aromatic heterocycles. The molecule has 0 spiro atoms. The fourth-order valence-electron chi connectivity index (χ4n) is 1.72. The highest BCUT2D eigenvalue weighted by Crippen LogP contribution is 2.28. The lowest BCUT2D eigenvalue weighted by molar-refractivity contribution is 0.401. The molecule has 0 bridgehead atoms. The van der Waals surface area contributed by atoms with Gasteiger partial charge in [0.05, 0.1) is 7.11 Å². The van der Waals surface area contributed by atoms with E-state index in [1.54, 1.807) is 13.0 Å². The molecule has 0 heterocycles. The van der Waals surface area contributed by atoms with Gasteiger partial charge in [-0.2, -0.15) is 0 Å². The van der Waals surface area contributed by atoms with Gasteiger partial charge in [0, 0.05) is 6.54 Å². The molecule has 0 radical (unpaired) electrons. The molecule has 0 atom stereocenters. The van der Waals surface area contributed by atoms with Crippen molar-refractivity contribution in [3.63, 3.8) is 0 Å². The molecule has 5 heteroatoms. The molecule has 0 aliphatic rings. The van der Waals surface area contributed by atoms with Crippen molar-refractivity contribution >= 4 is 10.0 Å². The first-order chi connectivity index (χ1) is 7.92. The summed E-state index contributed by atoms with van der Waals surface area (Å²) in [7, 11) is -2.01. The van der Waals surface area contributed by atoms with Gasteiger partial charge in [-0.1, -0.05) is 13.0 Å². The number of benzene rings is 1. The summed E-state index contributed by atoms with van der Waals surface area (Å²) in [6.45, 7) is 6.03. The second-order valence-corrected chi connectivity index (χ2v) is 5.71. The molecule has 1 aromatic rings. The van der Waals surface area contributed by atoms with E-state index < -0.39 is 10.0 Å². The lowest BCUT2D eigenvalue weighted by Crippen LogP contribution is -2.25. The van der Waals surface area contributed by atoms with Gasteiger partial charge in [-0.3, -0.25) is 0 Å². The van der Waals surface area contributed by atoms with E-state index in [0.717, 1.165) is 12.0 Å². The summed E-state index contributed by atoms with van der Waals surface area (Å²) in [5.41, 5.74) is 1.68. The maximum Gasteiger partial charge on any atom is 0.244 e. The number of sulfonamides is 1. The van der Waals surface area contributed by atoms with E-state index in [2.05, 4.69) is 4.72 Å². The minimum atomic E-state index is -3.49. The Hall–Kier alpha value is -1.07. The molecule has 1 aromatic carbocycles. The van der Waals surface area contributed by atoms with E-state index in [4.69, 9.17) is 4.74 Å². The van der Waals surface area contributed by atoms with Gasteiger partial charge in [0.25, 0.3) is 0 Å². The van der Waals surface area contributed by atoms with Crippen molar-refractivity contribution in [2.45, 2.75) is 32.1 Å². The zero-order valence-corrected chi connectivity index (χ0v) is 11.5. The SMILES string of the molecule is CCCNS(=O)(=O)c1c(C)cc(C)cc1OC.